The van der Waals surface area contributed by atoms with E-state index in [1.165, 1.54) is 6.92 Å². The number of carbonyl (C=O) groups excluding carboxylic acids is 3. The molecular weight excluding hydrogens is 404 g/mol. The molecule has 6 nitrogen and oxygen atoms in total. The first-order valence-corrected chi connectivity index (χ1v) is 10.4. The number of rotatable bonds is 9. The van der Waals surface area contributed by atoms with Crippen molar-refractivity contribution >= 4 is 17.8 Å². The maximum Gasteiger partial charge on any atom is 0.302 e. The van der Waals surface area contributed by atoms with Gasteiger partial charge in [0.1, 0.15) is 12.6 Å². The summed E-state index contributed by atoms with van der Waals surface area (Å²) < 4.78 is 5.17. The second kappa shape index (κ2) is 11.5. The third kappa shape index (κ3) is 6.80. The highest BCUT2D eigenvalue weighted by Crippen LogP contribution is 2.15. The van der Waals surface area contributed by atoms with Gasteiger partial charge in [-0.3, -0.25) is 14.4 Å². The SMILES string of the molecule is CC(=O)OCC(Cc1ccccc1)NC(=O)C(NC(=O)c1ccccc1)c1ccccc1. The van der Waals surface area contributed by atoms with Gasteiger partial charge in [-0.15, -0.1) is 0 Å². The van der Waals surface area contributed by atoms with Gasteiger partial charge in [-0.1, -0.05) is 78.9 Å². The molecule has 3 aromatic rings. The fourth-order valence-corrected chi connectivity index (χ4v) is 3.30. The lowest BCUT2D eigenvalue weighted by Crippen LogP contribution is -2.47. The van der Waals surface area contributed by atoms with Crippen LogP contribution in [-0.4, -0.2) is 30.4 Å². The van der Waals surface area contributed by atoms with Crippen LogP contribution >= 0.6 is 0 Å². The van der Waals surface area contributed by atoms with Crippen LogP contribution in [0.3, 0.4) is 0 Å². The summed E-state index contributed by atoms with van der Waals surface area (Å²) in [4.78, 5) is 37.4. The molecule has 2 amide bonds. The first-order chi connectivity index (χ1) is 15.5. The summed E-state index contributed by atoms with van der Waals surface area (Å²) in [5.41, 5.74) is 2.11. The number of amides is 2. The summed E-state index contributed by atoms with van der Waals surface area (Å²) in [5.74, 6) is -1.16. The smallest absolute Gasteiger partial charge is 0.302 e. The van der Waals surface area contributed by atoms with Crippen molar-refractivity contribution in [3.8, 4) is 0 Å². The molecule has 164 valence electrons. The van der Waals surface area contributed by atoms with Crippen LogP contribution in [0.2, 0.25) is 0 Å². The van der Waals surface area contributed by atoms with Crippen LogP contribution < -0.4 is 10.6 Å². The summed E-state index contributed by atoms with van der Waals surface area (Å²) in [6, 6.07) is 26.0. The second-order valence-electron chi connectivity index (χ2n) is 7.38. The summed E-state index contributed by atoms with van der Waals surface area (Å²) in [5, 5.41) is 5.77. The molecule has 0 aliphatic rings. The van der Waals surface area contributed by atoms with E-state index in [2.05, 4.69) is 10.6 Å². The summed E-state index contributed by atoms with van der Waals surface area (Å²) in [6.45, 7) is 1.36. The Morgan fingerprint density at radius 2 is 1.34 bits per heavy atom. The first kappa shape index (κ1) is 22.7. The van der Waals surface area contributed by atoms with E-state index in [-0.39, 0.29) is 18.4 Å². The van der Waals surface area contributed by atoms with E-state index in [1.54, 1.807) is 36.4 Å². The zero-order valence-corrected chi connectivity index (χ0v) is 17.9. The fourth-order valence-electron chi connectivity index (χ4n) is 3.30. The average molecular weight is 431 g/mol. The predicted molar refractivity (Wildman–Crippen MR) is 122 cm³/mol. The van der Waals surface area contributed by atoms with E-state index in [0.717, 1.165) is 5.56 Å². The van der Waals surface area contributed by atoms with Gasteiger partial charge in [-0.25, -0.2) is 0 Å². The molecular formula is C26H26N2O4. The summed E-state index contributed by atoms with van der Waals surface area (Å²) in [6.07, 6.45) is 0.480. The standard InChI is InChI=1S/C26H26N2O4/c1-19(29)32-18-23(17-20-11-5-2-6-12-20)27-26(31)24(21-13-7-3-8-14-21)28-25(30)22-15-9-4-10-16-22/h2-16,23-24H,17-18H2,1H3,(H,27,31)(H,28,30). The Morgan fingerprint density at radius 3 is 1.94 bits per heavy atom. The van der Waals surface area contributed by atoms with Crippen molar-refractivity contribution in [2.24, 2.45) is 0 Å². The molecule has 2 atom stereocenters. The summed E-state index contributed by atoms with van der Waals surface area (Å²) >= 11 is 0. The molecule has 6 heteroatoms. The molecule has 0 aliphatic heterocycles. The van der Waals surface area contributed by atoms with Crippen molar-refractivity contribution in [1.29, 1.82) is 0 Å². The van der Waals surface area contributed by atoms with Crippen molar-refractivity contribution in [3.63, 3.8) is 0 Å². The van der Waals surface area contributed by atoms with Crippen LogP contribution in [0.25, 0.3) is 0 Å². The Labute approximate surface area is 187 Å². The lowest BCUT2D eigenvalue weighted by Gasteiger charge is -2.24. The van der Waals surface area contributed by atoms with Gasteiger partial charge < -0.3 is 15.4 Å². The molecule has 2 N–H and O–H groups in total. The Morgan fingerprint density at radius 1 is 0.781 bits per heavy atom. The van der Waals surface area contributed by atoms with Crippen molar-refractivity contribution in [2.45, 2.75) is 25.4 Å². The summed E-state index contributed by atoms with van der Waals surface area (Å²) in [7, 11) is 0. The predicted octanol–water partition coefficient (Wildman–Crippen LogP) is 3.45. The largest absolute Gasteiger partial charge is 0.464 e. The van der Waals surface area contributed by atoms with Gasteiger partial charge in [-0.05, 0) is 29.7 Å². The van der Waals surface area contributed by atoms with Gasteiger partial charge in [-0.2, -0.15) is 0 Å². The highest BCUT2D eigenvalue weighted by atomic mass is 16.5. The van der Waals surface area contributed by atoms with Crippen molar-refractivity contribution in [2.75, 3.05) is 6.61 Å². The van der Waals surface area contributed by atoms with Crippen LogP contribution in [0.4, 0.5) is 0 Å². The van der Waals surface area contributed by atoms with Crippen LogP contribution in [0, 0.1) is 0 Å². The molecule has 0 spiro atoms. The molecule has 2 unspecified atom stereocenters. The molecule has 0 saturated heterocycles. The number of esters is 1. The van der Waals surface area contributed by atoms with E-state index in [1.807, 2.05) is 54.6 Å². The molecule has 0 radical (unpaired) electrons. The maximum absolute atomic E-state index is 13.3. The van der Waals surface area contributed by atoms with E-state index in [0.29, 0.717) is 17.5 Å². The van der Waals surface area contributed by atoms with E-state index in [4.69, 9.17) is 4.74 Å². The second-order valence-corrected chi connectivity index (χ2v) is 7.38. The highest BCUT2D eigenvalue weighted by molar-refractivity contribution is 5.97. The number of hydrogen-bond donors (Lipinski definition) is 2. The van der Waals surface area contributed by atoms with Crippen LogP contribution in [0.5, 0.6) is 0 Å². The molecule has 0 aromatic heterocycles. The molecule has 0 saturated carbocycles. The van der Waals surface area contributed by atoms with E-state index < -0.39 is 18.1 Å². The molecule has 3 rings (SSSR count). The van der Waals surface area contributed by atoms with Gasteiger partial charge in [0.2, 0.25) is 5.91 Å². The molecule has 3 aromatic carbocycles. The topological polar surface area (TPSA) is 84.5 Å². The Bertz CT molecular complexity index is 1020. The number of carbonyl (C=O) groups is 3. The molecule has 0 aliphatic carbocycles. The molecule has 0 heterocycles. The van der Waals surface area contributed by atoms with Crippen LogP contribution in [0.1, 0.15) is 34.5 Å². The minimum absolute atomic E-state index is 0.0319. The number of ether oxygens (including phenoxy) is 1. The van der Waals surface area contributed by atoms with Gasteiger partial charge in [0.15, 0.2) is 0 Å². The third-order valence-electron chi connectivity index (χ3n) is 4.87. The molecule has 0 fully saturated rings. The van der Waals surface area contributed by atoms with Crippen LogP contribution in [0.15, 0.2) is 91.0 Å². The van der Waals surface area contributed by atoms with Gasteiger partial charge >= 0.3 is 5.97 Å². The van der Waals surface area contributed by atoms with Crippen LogP contribution in [-0.2, 0) is 20.7 Å². The highest BCUT2D eigenvalue weighted by Gasteiger charge is 2.26. The van der Waals surface area contributed by atoms with Gasteiger partial charge in [0, 0.05) is 12.5 Å². The van der Waals surface area contributed by atoms with Crippen molar-refractivity contribution in [1.82, 2.24) is 10.6 Å². The minimum Gasteiger partial charge on any atom is -0.464 e. The monoisotopic (exact) mass is 430 g/mol. The maximum atomic E-state index is 13.3. The number of nitrogens with one attached hydrogen (secondary N) is 2. The zero-order valence-electron chi connectivity index (χ0n) is 17.9. The van der Waals surface area contributed by atoms with E-state index >= 15 is 0 Å². The normalized spacial score (nSPS) is 12.3. The Balaban J connectivity index is 1.79. The fraction of sp³-hybridized carbons (Fsp3) is 0.192. The van der Waals surface area contributed by atoms with Gasteiger partial charge in [0.25, 0.3) is 5.91 Å². The quantitative estimate of drug-likeness (QED) is 0.509. The third-order valence-corrected chi connectivity index (χ3v) is 4.87. The minimum atomic E-state index is -0.903. The van der Waals surface area contributed by atoms with Crippen molar-refractivity contribution < 1.29 is 19.1 Å². The average Bonchev–Trinajstić information content (AvgIpc) is 2.82. The molecule has 32 heavy (non-hydrogen) atoms. The Hall–Kier alpha value is -3.93. The Kier molecular flexibility index (Phi) is 8.15. The number of hydrogen-bond acceptors (Lipinski definition) is 4. The number of benzene rings is 3. The van der Waals surface area contributed by atoms with Gasteiger partial charge in [0.05, 0.1) is 6.04 Å². The lowest BCUT2D eigenvalue weighted by atomic mass is 10.0. The van der Waals surface area contributed by atoms with E-state index in [9.17, 15) is 14.4 Å². The van der Waals surface area contributed by atoms with Crippen molar-refractivity contribution in [3.05, 3.63) is 108 Å². The lowest BCUT2D eigenvalue weighted by molar-refractivity contribution is -0.142. The molecule has 0 bridgehead atoms. The first-order valence-electron chi connectivity index (χ1n) is 10.4. The zero-order chi connectivity index (χ0) is 22.8.